The molecule has 1 aromatic rings. The molecule has 0 unspecified atom stereocenters. The number of hydrogen-bond acceptors (Lipinski definition) is 3. The first-order valence-electron chi connectivity index (χ1n) is 8.15. The molecule has 1 amide bonds. The molecule has 0 bridgehead atoms. The second-order valence-electron chi connectivity index (χ2n) is 7.40. The fraction of sp³-hybridized carbons (Fsp3) is 0.588. The van der Waals surface area contributed by atoms with Crippen LogP contribution in [0.2, 0.25) is 0 Å². The number of benzene rings is 1. The van der Waals surface area contributed by atoms with Crippen LogP contribution >= 0.6 is 0 Å². The molecule has 5 nitrogen and oxygen atoms in total. The fourth-order valence-corrected chi connectivity index (χ4v) is 4.91. The van der Waals surface area contributed by atoms with Crippen molar-refractivity contribution in [2.75, 3.05) is 18.4 Å². The summed E-state index contributed by atoms with van der Waals surface area (Å²) in [5.74, 6) is 0.558. The molecule has 0 radical (unpaired) electrons. The van der Waals surface area contributed by atoms with Crippen molar-refractivity contribution in [1.29, 1.82) is 0 Å². The summed E-state index contributed by atoms with van der Waals surface area (Å²) in [6.07, 6.45) is 2.18. The van der Waals surface area contributed by atoms with Gasteiger partial charge in [0, 0.05) is 30.6 Å². The Labute approximate surface area is 138 Å². The normalized spacial score (nSPS) is 22.5. The van der Waals surface area contributed by atoms with Gasteiger partial charge in [-0.15, -0.1) is 0 Å². The Morgan fingerprint density at radius 3 is 2.52 bits per heavy atom. The summed E-state index contributed by atoms with van der Waals surface area (Å²) >= 11 is 0. The van der Waals surface area contributed by atoms with Gasteiger partial charge in [-0.2, -0.15) is 4.31 Å². The van der Waals surface area contributed by atoms with E-state index >= 15 is 0 Å². The van der Waals surface area contributed by atoms with Crippen molar-refractivity contribution in [2.24, 2.45) is 5.92 Å². The number of piperidine rings is 1. The van der Waals surface area contributed by atoms with Crippen molar-refractivity contribution in [3.8, 4) is 0 Å². The molecule has 3 rings (SSSR count). The summed E-state index contributed by atoms with van der Waals surface area (Å²) < 4.78 is 27.4. The number of nitrogens with zero attached hydrogens (tertiary/aromatic N) is 1. The topological polar surface area (TPSA) is 66.5 Å². The van der Waals surface area contributed by atoms with Crippen LogP contribution in [-0.4, -0.2) is 31.7 Å². The number of amides is 1. The average molecular weight is 336 g/mol. The third-order valence-electron chi connectivity index (χ3n) is 4.98. The van der Waals surface area contributed by atoms with Gasteiger partial charge in [0.15, 0.2) is 0 Å². The number of hydrogen-bond donors (Lipinski definition) is 1. The van der Waals surface area contributed by atoms with Gasteiger partial charge < -0.3 is 5.32 Å². The molecule has 126 valence electrons. The van der Waals surface area contributed by atoms with E-state index in [0.29, 0.717) is 30.3 Å². The van der Waals surface area contributed by atoms with Crippen molar-refractivity contribution in [1.82, 2.24) is 4.31 Å². The first-order valence-corrected chi connectivity index (χ1v) is 9.59. The lowest BCUT2D eigenvalue weighted by Crippen LogP contribution is -2.38. The van der Waals surface area contributed by atoms with E-state index in [0.717, 1.165) is 24.1 Å². The predicted octanol–water partition coefficient (Wildman–Crippen LogP) is 2.73. The van der Waals surface area contributed by atoms with Crippen molar-refractivity contribution in [3.63, 3.8) is 0 Å². The zero-order chi connectivity index (χ0) is 16.8. The van der Waals surface area contributed by atoms with Gasteiger partial charge in [-0.3, -0.25) is 4.79 Å². The van der Waals surface area contributed by atoms with Gasteiger partial charge in [0.25, 0.3) is 0 Å². The minimum atomic E-state index is -3.46. The summed E-state index contributed by atoms with van der Waals surface area (Å²) in [5.41, 5.74) is 1.25. The largest absolute Gasteiger partial charge is 0.326 e. The van der Waals surface area contributed by atoms with Crippen LogP contribution in [0.25, 0.3) is 0 Å². The molecule has 0 atom stereocenters. The highest BCUT2D eigenvalue weighted by Crippen LogP contribution is 2.38. The van der Waals surface area contributed by atoms with E-state index in [1.807, 2.05) is 13.8 Å². The number of carbonyl (C=O) groups is 1. The predicted molar refractivity (Wildman–Crippen MR) is 89.9 cm³/mol. The Kier molecular flexibility index (Phi) is 4.01. The Hall–Kier alpha value is -1.40. The van der Waals surface area contributed by atoms with Crippen molar-refractivity contribution >= 4 is 21.6 Å². The maximum Gasteiger partial charge on any atom is 0.243 e. The molecular weight excluding hydrogens is 312 g/mol. The Morgan fingerprint density at radius 1 is 1.22 bits per heavy atom. The van der Waals surface area contributed by atoms with Gasteiger partial charge >= 0.3 is 0 Å². The molecule has 1 fully saturated rings. The first kappa shape index (κ1) is 16.5. The minimum absolute atomic E-state index is 0.0249. The SMILES string of the molecule is CC1CCN(S(=O)(=O)c2ccc3c(c2)C(C)(C)CC(=O)N3)CC1. The summed E-state index contributed by atoms with van der Waals surface area (Å²) in [6.45, 7) is 7.28. The number of sulfonamides is 1. The van der Waals surface area contributed by atoms with Crippen LogP contribution in [0.4, 0.5) is 5.69 Å². The number of anilines is 1. The van der Waals surface area contributed by atoms with Crippen molar-refractivity contribution < 1.29 is 13.2 Å². The van der Waals surface area contributed by atoms with E-state index in [2.05, 4.69) is 12.2 Å². The van der Waals surface area contributed by atoms with Gasteiger partial charge in [0.2, 0.25) is 15.9 Å². The van der Waals surface area contributed by atoms with Crippen LogP contribution in [0.1, 0.15) is 45.6 Å². The van der Waals surface area contributed by atoms with E-state index in [9.17, 15) is 13.2 Å². The lowest BCUT2D eigenvalue weighted by molar-refractivity contribution is -0.117. The van der Waals surface area contributed by atoms with Crippen molar-refractivity contribution in [3.05, 3.63) is 23.8 Å². The molecule has 23 heavy (non-hydrogen) atoms. The summed E-state index contributed by atoms with van der Waals surface area (Å²) in [7, 11) is -3.46. The van der Waals surface area contributed by atoms with Gasteiger partial charge in [-0.05, 0) is 42.5 Å². The number of carbonyl (C=O) groups excluding carboxylic acids is 1. The third-order valence-corrected chi connectivity index (χ3v) is 6.87. The van der Waals surface area contributed by atoms with Crippen LogP contribution < -0.4 is 5.32 Å². The molecule has 2 aliphatic rings. The number of nitrogens with one attached hydrogen (secondary N) is 1. The van der Waals surface area contributed by atoms with Crippen molar-refractivity contribution in [2.45, 2.75) is 50.3 Å². The molecule has 0 saturated carbocycles. The summed E-state index contributed by atoms with van der Waals surface area (Å²) in [5, 5.41) is 2.83. The summed E-state index contributed by atoms with van der Waals surface area (Å²) in [6, 6.07) is 5.06. The van der Waals surface area contributed by atoms with Gasteiger partial charge in [0.1, 0.15) is 0 Å². The quantitative estimate of drug-likeness (QED) is 0.903. The molecular formula is C17H24N2O3S. The highest BCUT2D eigenvalue weighted by molar-refractivity contribution is 7.89. The van der Waals surface area contributed by atoms with E-state index in [1.165, 1.54) is 0 Å². The fourth-order valence-electron chi connectivity index (χ4n) is 3.42. The smallest absolute Gasteiger partial charge is 0.243 e. The maximum absolute atomic E-state index is 12.9. The lowest BCUT2D eigenvalue weighted by Gasteiger charge is -2.33. The van der Waals surface area contributed by atoms with E-state index in [4.69, 9.17) is 0 Å². The zero-order valence-electron chi connectivity index (χ0n) is 13.9. The van der Waals surface area contributed by atoms with Crippen LogP contribution in [0.15, 0.2) is 23.1 Å². The molecule has 1 saturated heterocycles. The molecule has 1 N–H and O–H groups in total. The maximum atomic E-state index is 12.9. The molecule has 2 heterocycles. The standard InChI is InChI=1S/C17H24N2O3S/c1-12-6-8-19(9-7-12)23(21,22)13-4-5-15-14(10-13)17(2,3)11-16(20)18-15/h4-5,10,12H,6-9,11H2,1-3H3,(H,18,20). The Balaban J connectivity index is 1.97. The van der Waals surface area contributed by atoms with Crippen LogP contribution in [-0.2, 0) is 20.2 Å². The lowest BCUT2D eigenvalue weighted by atomic mass is 9.78. The van der Waals surface area contributed by atoms with E-state index < -0.39 is 10.0 Å². The Morgan fingerprint density at radius 2 is 1.87 bits per heavy atom. The Bertz CT molecular complexity index is 732. The highest BCUT2D eigenvalue weighted by Gasteiger charge is 2.34. The highest BCUT2D eigenvalue weighted by atomic mass is 32.2. The molecule has 0 aliphatic carbocycles. The van der Waals surface area contributed by atoms with Gasteiger partial charge in [-0.1, -0.05) is 20.8 Å². The molecule has 0 spiro atoms. The monoisotopic (exact) mass is 336 g/mol. The zero-order valence-corrected chi connectivity index (χ0v) is 14.7. The minimum Gasteiger partial charge on any atom is -0.326 e. The van der Waals surface area contributed by atoms with Gasteiger partial charge in [-0.25, -0.2) is 8.42 Å². The molecule has 0 aromatic heterocycles. The van der Waals surface area contributed by atoms with Crippen LogP contribution in [0, 0.1) is 5.92 Å². The second-order valence-corrected chi connectivity index (χ2v) is 9.34. The average Bonchev–Trinajstić information content (AvgIpc) is 2.46. The van der Waals surface area contributed by atoms with E-state index in [-0.39, 0.29) is 11.3 Å². The first-order chi connectivity index (χ1) is 10.7. The molecule has 1 aromatic carbocycles. The van der Waals surface area contributed by atoms with Crippen LogP contribution in [0.5, 0.6) is 0 Å². The van der Waals surface area contributed by atoms with Crippen LogP contribution in [0.3, 0.4) is 0 Å². The number of fused-ring (bicyclic) bond motifs is 1. The summed E-state index contributed by atoms with van der Waals surface area (Å²) in [4.78, 5) is 12.1. The molecule has 2 aliphatic heterocycles. The van der Waals surface area contributed by atoms with Gasteiger partial charge in [0.05, 0.1) is 4.90 Å². The molecule has 6 heteroatoms. The second kappa shape index (κ2) is 5.60. The third kappa shape index (κ3) is 3.02. The number of rotatable bonds is 2. The van der Waals surface area contributed by atoms with E-state index in [1.54, 1.807) is 22.5 Å².